The molecular weight excluding hydrogens is 298 g/mol. The number of hydrogen-bond acceptors (Lipinski definition) is 3. The van der Waals surface area contributed by atoms with Gasteiger partial charge in [0.25, 0.3) is 0 Å². The Balaban J connectivity index is 1.57. The minimum absolute atomic E-state index is 0.0692. The fraction of sp³-hybridized carbons (Fsp3) is 0.389. The van der Waals surface area contributed by atoms with Gasteiger partial charge in [-0.2, -0.15) is 0 Å². The summed E-state index contributed by atoms with van der Waals surface area (Å²) in [5.74, 6) is -0.234. The highest BCUT2D eigenvalue weighted by atomic mass is 35.5. The van der Waals surface area contributed by atoms with E-state index in [1.54, 1.807) is 0 Å². The maximum atomic E-state index is 12.6. The predicted octanol–water partition coefficient (Wildman–Crippen LogP) is 3.50. The number of rotatable bonds is 2. The average Bonchev–Trinajstić information content (AvgIpc) is 2.80. The number of esters is 1. The topological polar surface area (TPSA) is 38.3 Å². The van der Waals surface area contributed by atoms with E-state index in [1.165, 1.54) is 0 Å². The predicted molar refractivity (Wildman–Crippen MR) is 87.4 cm³/mol. The molecule has 2 aliphatic rings. The molecular formula is C18H18ClNO2. The molecule has 2 fully saturated rings. The number of nitrogens with one attached hydrogen (secondary N) is 1. The lowest BCUT2D eigenvalue weighted by Gasteiger charge is -2.26. The smallest absolute Gasteiger partial charge is 0.339 e. The van der Waals surface area contributed by atoms with Crippen LogP contribution in [0.1, 0.15) is 29.6 Å². The first kappa shape index (κ1) is 14.0. The zero-order valence-electron chi connectivity index (χ0n) is 12.2. The van der Waals surface area contributed by atoms with Gasteiger partial charge in [0.05, 0.1) is 5.56 Å². The summed E-state index contributed by atoms with van der Waals surface area (Å²) in [6.07, 6.45) is 2.62. The van der Waals surface area contributed by atoms with Crippen molar-refractivity contribution in [1.29, 1.82) is 0 Å². The number of carbonyl (C=O) groups excluding carboxylic acids is 1. The van der Waals surface area contributed by atoms with Crippen molar-refractivity contribution in [2.75, 3.05) is 0 Å². The van der Waals surface area contributed by atoms with Crippen LogP contribution in [0.4, 0.5) is 0 Å². The molecule has 2 aliphatic heterocycles. The molecule has 2 heterocycles. The van der Waals surface area contributed by atoms with Crippen LogP contribution >= 0.6 is 11.6 Å². The molecule has 0 amide bonds. The van der Waals surface area contributed by atoms with E-state index in [0.29, 0.717) is 11.6 Å². The van der Waals surface area contributed by atoms with E-state index in [2.05, 4.69) is 5.32 Å². The molecule has 2 aromatic carbocycles. The van der Waals surface area contributed by atoms with E-state index in [9.17, 15) is 4.79 Å². The molecule has 2 bridgehead atoms. The van der Waals surface area contributed by atoms with E-state index in [-0.39, 0.29) is 23.5 Å². The van der Waals surface area contributed by atoms with Crippen LogP contribution in [-0.2, 0) is 4.74 Å². The number of fused-ring (bicyclic) bond motifs is 3. The molecule has 0 aromatic heterocycles. The van der Waals surface area contributed by atoms with Gasteiger partial charge in [0.15, 0.2) is 0 Å². The second kappa shape index (κ2) is 5.56. The number of alkyl halides is 1. The number of hydrogen-bond donors (Lipinski definition) is 1. The normalized spacial score (nSPS) is 30.4. The number of piperidine rings is 1. The van der Waals surface area contributed by atoms with Crippen molar-refractivity contribution in [2.24, 2.45) is 0 Å². The third kappa shape index (κ3) is 2.49. The fourth-order valence-corrected chi connectivity index (χ4v) is 4.13. The summed E-state index contributed by atoms with van der Waals surface area (Å²) in [5, 5.41) is 5.70. The lowest BCUT2D eigenvalue weighted by molar-refractivity contribution is 0.0273. The van der Waals surface area contributed by atoms with Crippen LogP contribution in [0.15, 0.2) is 42.5 Å². The van der Waals surface area contributed by atoms with E-state index in [4.69, 9.17) is 16.3 Å². The Morgan fingerprint density at radius 2 is 1.91 bits per heavy atom. The summed E-state index contributed by atoms with van der Waals surface area (Å²) >= 11 is 6.26. The van der Waals surface area contributed by atoms with Crippen molar-refractivity contribution in [3.05, 3.63) is 48.0 Å². The molecule has 4 heteroatoms. The van der Waals surface area contributed by atoms with Crippen molar-refractivity contribution < 1.29 is 9.53 Å². The van der Waals surface area contributed by atoms with Gasteiger partial charge < -0.3 is 10.1 Å². The molecule has 2 saturated heterocycles. The van der Waals surface area contributed by atoms with Gasteiger partial charge in [-0.3, -0.25) is 0 Å². The number of ether oxygens (including phenoxy) is 1. The second-order valence-corrected chi connectivity index (χ2v) is 6.86. The van der Waals surface area contributed by atoms with Crippen molar-refractivity contribution in [2.45, 2.75) is 42.8 Å². The third-order valence-electron chi connectivity index (χ3n) is 4.73. The Kier molecular flexibility index (Phi) is 3.55. The van der Waals surface area contributed by atoms with Gasteiger partial charge in [0, 0.05) is 23.9 Å². The zero-order chi connectivity index (χ0) is 15.1. The second-order valence-electron chi connectivity index (χ2n) is 6.24. The van der Waals surface area contributed by atoms with Crippen LogP contribution in [0.2, 0.25) is 0 Å². The average molecular weight is 316 g/mol. The number of benzene rings is 2. The maximum Gasteiger partial charge on any atom is 0.339 e. The van der Waals surface area contributed by atoms with E-state index in [0.717, 1.165) is 30.0 Å². The van der Waals surface area contributed by atoms with Crippen molar-refractivity contribution in [3.8, 4) is 0 Å². The van der Waals surface area contributed by atoms with Crippen molar-refractivity contribution in [1.82, 2.24) is 5.32 Å². The fourth-order valence-electron chi connectivity index (χ4n) is 3.72. The molecule has 4 rings (SSSR count). The molecule has 4 atom stereocenters. The van der Waals surface area contributed by atoms with Gasteiger partial charge in [-0.05, 0) is 29.7 Å². The summed E-state index contributed by atoms with van der Waals surface area (Å²) in [4.78, 5) is 12.6. The first-order chi connectivity index (χ1) is 10.7. The van der Waals surface area contributed by atoms with E-state index < -0.39 is 0 Å². The standard InChI is InChI=1S/C18H18ClNO2/c19-12-8-13-10-17(16(9-12)20-13)22-18(21)15-7-3-5-11-4-1-2-6-14(11)15/h1-7,12-13,16-17,20H,8-10H2. The molecule has 114 valence electrons. The van der Waals surface area contributed by atoms with Crippen molar-refractivity contribution >= 4 is 28.3 Å². The summed E-state index contributed by atoms with van der Waals surface area (Å²) in [5.41, 5.74) is 0.641. The van der Waals surface area contributed by atoms with E-state index >= 15 is 0 Å². The molecule has 0 spiro atoms. The Labute approximate surface area is 134 Å². The number of halogens is 1. The van der Waals surface area contributed by atoms with Crippen molar-refractivity contribution in [3.63, 3.8) is 0 Å². The molecule has 3 nitrogen and oxygen atoms in total. The minimum atomic E-state index is -0.234. The monoisotopic (exact) mass is 315 g/mol. The molecule has 4 unspecified atom stereocenters. The first-order valence-corrected chi connectivity index (χ1v) is 8.23. The van der Waals surface area contributed by atoms with Gasteiger partial charge in [-0.1, -0.05) is 36.4 Å². The van der Waals surface area contributed by atoms with Gasteiger partial charge in [-0.25, -0.2) is 4.79 Å². The molecule has 0 saturated carbocycles. The molecule has 0 aliphatic carbocycles. The van der Waals surface area contributed by atoms with E-state index in [1.807, 2.05) is 42.5 Å². The molecule has 2 aromatic rings. The molecule has 22 heavy (non-hydrogen) atoms. The van der Waals surface area contributed by atoms with Crippen LogP contribution < -0.4 is 5.32 Å². The molecule has 0 radical (unpaired) electrons. The highest BCUT2D eigenvalue weighted by molar-refractivity contribution is 6.20. The van der Waals surface area contributed by atoms with Crippen LogP contribution in [0.3, 0.4) is 0 Å². The van der Waals surface area contributed by atoms with Crippen LogP contribution in [0.25, 0.3) is 10.8 Å². The van der Waals surface area contributed by atoms with Crippen LogP contribution in [-0.4, -0.2) is 29.5 Å². The maximum absolute atomic E-state index is 12.6. The highest BCUT2D eigenvalue weighted by Crippen LogP contribution is 2.32. The quantitative estimate of drug-likeness (QED) is 0.681. The van der Waals surface area contributed by atoms with Crippen LogP contribution in [0, 0.1) is 0 Å². The van der Waals surface area contributed by atoms with Gasteiger partial charge in [-0.15, -0.1) is 11.6 Å². The van der Waals surface area contributed by atoms with Crippen LogP contribution in [0.5, 0.6) is 0 Å². The lowest BCUT2D eigenvalue weighted by atomic mass is 10.0. The third-order valence-corrected chi connectivity index (χ3v) is 5.09. The minimum Gasteiger partial charge on any atom is -0.457 e. The Hall–Kier alpha value is -1.58. The first-order valence-electron chi connectivity index (χ1n) is 7.79. The summed E-state index contributed by atoms with van der Waals surface area (Å²) in [7, 11) is 0. The molecule has 1 N–H and O–H groups in total. The Morgan fingerprint density at radius 1 is 1.09 bits per heavy atom. The highest BCUT2D eigenvalue weighted by Gasteiger charge is 2.42. The summed E-state index contributed by atoms with van der Waals surface area (Å²) in [6.45, 7) is 0. The summed E-state index contributed by atoms with van der Waals surface area (Å²) < 4.78 is 5.81. The largest absolute Gasteiger partial charge is 0.457 e. The van der Waals surface area contributed by atoms with Gasteiger partial charge >= 0.3 is 5.97 Å². The lowest BCUT2D eigenvalue weighted by Crippen LogP contribution is -2.42. The Morgan fingerprint density at radius 3 is 2.82 bits per heavy atom. The SMILES string of the molecule is O=C(OC1CC2CC(Cl)CC1N2)c1cccc2ccccc12. The van der Waals surface area contributed by atoms with Gasteiger partial charge in [0.1, 0.15) is 6.10 Å². The Bertz CT molecular complexity index is 712. The summed E-state index contributed by atoms with van der Waals surface area (Å²) in [6, 6.07) is 14.2. The van der Waals surface area contributed by atoms with Gasteiger partial charge in [0.2, 0.25) is 0 Å². The number of carbonyl (C=O) groups is 1. The zero-order valence-corrected chi connectivity index (χ0v) is 12.9.